The maximum absolute atomic E-state index is 12.4. The minimum absolute atomic E-state index is 0.0471. The Morgan fingerprint density at radius 3 is 1.77 bits per heavy atom. The summed E-state index contributed by atoms with van der Waals surface area (Å²) in [4.78, 5) is 42.2. The third-order valence-corrected chi connectivity index (χ3v) is 6.82. The van der Waals surface area contributed by atoms with Gasteiger partial charge >= 0.3 is 0 Å². The van der Waals surface area contributed by atoms with Crippen LogP contribution in [0.15, 0.2) is 32.3 Å². The molecule has 2 N–H and O–H groups in total. The van der Waals surface area contributed by atoms with Crippen LogP contribution in [0.3, 0.4) is 0 Å². The molecular formula is C28H39Br3N8O4. The molecule has 0 fully saturated rings. The van der Waals surface area contributed by atoms with Crippen LogP contribution in [0.1, 0.15) is 38.1 Å². The summed E-state index contributed by atoms with van der Waals surface area (Å²) in [6, 6.07) is 5.14. The molecule has 0 aliphatic heterocycles. The second-order valence-corrected chi connectivity index (χ2v) is 10.1. The highest BCUT2D eigenvalue weighted by Crippen LogP contribution is 2.20. The minimum atomic E-state index is -0.0841. The van der Waals surface area contributed by atoms with Crippen molar-refractivity contribution in [2.75, 3.05) is 51.2 Å². The number of ether oxygens (including phenoxy) is 2. The van der Waals surface area contributed by atoms with E-state index in [0.29, 0.717) is 54.0 Å². The van der Waals surface area contributed by atoms with Crippen molar-refractivity contribution in [1.29, 1.82) is 0 Å². The van der Waals surface area contributed by atoms with Gasteiger partial charge in [-0.05, 0) is 68.6 Å². The maximum atomic E-state index is 12.4. The first-order valence-electron chi connectivity index (χ1n) is 13.8. The molecular weight excluding hydrogens is 752 g/mol. The molecule has 15 heteroatoms. The Hall–Kier alpha value is -2.46. The quantitative estimate of drug-likeness (QED) is 0.175. The summed E-state index contributed by atoms with van der Waals surface area (Å²) < 4.78 is 14.0. The monoisotopic (exact) mass is 788 g/mol. The van der Waals surface area contributed by atoms with Crippen LogP contribution in [0.4, 0.5) is 11.9 Å². The van der Waals surface area contributed by atoms with Crippen molar-refractivity contribution >= 4 is 78.1 Å². The predicted octanol–water partition coefficient (Wildman–Crippen LogP) is 5.59. The van der Waals surface area contributed by atoms with Crippen molar-refractivity contribution in [1.82, 2.24) is 29.1 Å². The molecule has 4 heterocycles. The summed E-state index contributed by atoms with van der Waals surface area (Å²) in [6.07, 6.45) is 1.52. The van der Waals surface area contributed by atoms with E-state index in [9.17, 15) is 9.59 Å². The van der Waals surface area contributed by atoms with Gasteiger partial charge in [-0.2, -0.15) is 9.97 Å². The molecule has 0 aromatic carbocycles. The van der Waals surface area contributed by atoms with Crippen molar-refractivity contribution in [2.45, 2.75) is 53.6 Å². The van der Waals surface area contributed by atoms with Crippen molar-refractivity contribution in [3.8, 4) is 0 Å². The van der Waals surface area contributed by atoms with Crippen molar-refractivity contribution in [3.63, 3.8) is 0 Å². The summed E-state index contributed by atoms with van der Waals surface area (Å²) in [5.41, 5.74) is 2.91. The van der Waals surface area contributed by atoms with Crippen LogP contribution in [-0.2, 0) is 22.6 Å². The predicted molar refractivity (Wildman–Crippen MR) is 184 cm³/mol. The van der Waals surface area contributed by atoms with Gasteiger partial charge in [0, 0.05) is 98.7 Å². The van der Waals surface area contributed by atoms with E-state index in [-0.39, 0.29) is 11.1 Å². The highest BCUT2D eigenvalue weighted by molar-refractivity contribution is 9.93. The molecule has 4 aromatic rings. The molecule has 236 valence electrons. The molecule has 0 aliphatic carbocycles. The lowest BCUT2D eigenvalue weighted by molar-refractivity contribution is 0.190. The number of nitrogens with one attached hydrogen (secondary N) is 2. The van der Waals surface area contributed by atoms with Crippen molar-refractivity contribution < 1.29 is 9.47 Å². The molecule has 0 bridgehead atoms. The van der Waals surface area contributed by atoms with Gasteiger partial charge in [0.15, 0.2) is 0 Å². The van der Waals surface area contributed by atoms with E-state index in [2.05, 4.69) is 74.8 Å². The number of aromatic nitrogens is 6. The van der Waals surface area contributed by atoms with Gasteiger partial charge in [0.2, 0.25) is 11.9 Å². The number of aryl methyl sites for hydroxylation is 4. The molecule has 0 atom stereocenters. The Labute approximate surface area is 275 Å². The van der Waals surface area contributed by atoms with E-state index in [1.165, 1.54) is 0 Å². The maximum Gasteiger partial charge on any atom is 0.266 e. The van der Waals surface area contributed by atoms with Crippen LogP contribution < -0.4 is 21.8 Å². The Morgan fingerprint density at radius 1 is 0.767 bits per heavy atom. The van der Waals surface area contributed by atoms with E-state index in [4.69, 9.17) is 9.47 Å². The number of nitrogens with zero attached hydrogens (tertiary/aromatic N) is 6. The lowest BCUT2D eigenvalue weighted by atomic mass is 10.2. The van der Waals surface area contributed by atoms with Crippen molar-refractivity contribution in [3.05, 3.63) is 54.8 Å². The summed E-state index contributed by atoms with van der Waals surface area (Å²) in [5, 5.41) is 7.97. The number of pyridine rings is 2. The molecule has 0 aliphatic rings. The van der Waals surface area contributed by atoms with Gasteiger partial charge in [-0.1, -0.05) is 0 Å². The second kappa shape index (κ2) is 19.0. The molecule has 0 radical (unpaired) electrons. The van der Waals surface area contributed by atoms with Gasteiger partial charge in [-0.25, -0.2) is 9.97 Å². The number of halogens is 3. The fourth-order valence-electron chi connectivity index (χ4n) is 4.30. The molecule has 0 unspecified atom stereocenters. The molecule has 0 saturated heterocycles. The van der Waals surface area contributed by atoms with Gasteiger partial charge in [0.05, 0.1) is 15.9 Å². The first-order chi connectivity index (χ1) is 20.7. The van der Waals surface area contributed by atoms with Crippen LogP contribution in [-0.4, -0.2) is 69.6 Å². The van der Waals surface area contributed by atoms with E-state index in [0.717, 1.165) is 48.1 Å². The van der Waals surface area contributed by atoms with Crippen LogP contribution in [0.25, 0.3) is 22.1 Å². The van der Waals surface area contributed by atoms with Gasteiger partial charge in [-0.15, -0.1) is 0 Å². The van der Waals surface area contributed by atoms with Gasteiger partial charge < -0.3 is 20.1 Å². The summed E-state index contributed by atoms with van der Waals surface area (Å²) in [7, 11) is 3.30. The number of hydrogen-bond donors (Lipinski definition) is 2. The molecule has 4 aromatic heterocycles. The average molecular weight is 791 g/mol. The SMILES string of the molecule is BrBr.CCNc1nc(C)c2cc(Br)c(=O)n(CCCOC)c2n1.CCNc1nc(C)c2ccc(=O)n(CCCOC)c2n1. The Morgan fingerprint density at radius 2 is 1.26 bits per heavy atom. The van der Waals surface area contributed by atoms with Crippen LogP contribution >= 0.6 is 44.2 Å². The Balaban J connectivity index is 0.000000284. The standard InChI is InChI=1S/C14H19BrN4O2.C14H20N4O2.Br2/c1-4-16-14-17-9(2)10-8-11(15)13(20)19(12(10)18-14)6-5-7-21-3;1-4-15-14-16-10(2)11-6-7-12(19)18(13(11)17-14)8-5-9-20-3;1-2/h8H,4-7H2,1-3H3,(H,16,17,18);6-7H,4-5,8-9H2,1-3H3,(H,15,16,17);. The minimum Gasteiger partial charge on any atom is -0.385 e. The Bertz CT molecular complexity index is 1600. The average Bonchev–Trinajstić information content (AvgIpc) is 2.99. The number of rotatable bonds is 12. The fourth-order valence-corrected chi connectivity index (χ4v) is 4.75. The van der Waals surface area contributed by atoms with Gasteiger partial charge in [-0.3, -0.25) is 18.7 Å². The Kier molecular flexibility index (Phi) is 16.3. The van der Waals surface area contributed by atoms with Gasteiger partial charge in [0.1, 0.15) is 11.3 Å². The normalized spacial score (nSPS) is 10.6. The zero-order valence-electron chi connectivity index (χ0n) is 25.3. The van der Waals surface area contributed by atoms with E-state index in [1.807, 2.05) is 27.7 Å². The first kappa shape index (κ1) is 36.7. The summed E-state index contributed by atoms with van der Waals surface area (Å²) >= 11 is 8.82. The summed E-state index contributed by atoms with van der Waals surface area (Å²) in [6.45, 7) is 11.7. The third-order valence-electron chi connectivity index (χ3n) is 6.25. The zero-order valence-corrected chi connectivity index (χ0v) is 30.1. The molecule has 43 heavy (non-hydrogen) atoms. The fraction of sp³-hybridized carbons (Fsp3) is 0.500. The number of fused-ring (bicyclic) bond motifs is 2. The summed E-state index contributed by atoms with van der Waals surface area (Å²) in [5.74, 6) is 1.10. The molecule has 0 amide bonds. The van der Waals surface area contributed by atoms with E-state index in [1.54, 1.807) is 41.6 Å². The van der Waals surface area contributed by atoms with Crippen molar-refractivity contribution in [2.24, 2.45) is 0 Å². The third kappa shape index (κ3) is 10.0. The molecule has 0 saturated carbocycles. The number of hydrogen-bond acceptors (Lipinski definition) is 10. The largest absolute Gasteiger partial charge is 0.385 e. The van der Waals surface area contributed by atoms with E-state index >= 15 is 0 Å². The van der Waals surface area contributed by atoms with Crippen LogP contribution in [0.2, 0.25) is 0 Å². The van der Waals surface area contributed by atoms with Crippen LogP contribution in [0, 0.1) is 13.8 Å². The smallest absolute Gasteiger partial charge is 0.266 e. The molecule has 4 rings (SSSR count). The van der Waals surface area contributed by atoms with Gasteiger partial charge in [0.25, 0.3) is 11.1 Å². The first-order valence-corrected chi connectivity index (χ1v) is 18.3. The molecule has 12 nitrogen and oxygen atoms in total. The topological polar surface area (TPSA) is 138 Å². The van der Waals surface area contributed by atoms with E-state index < -0.39 is 0 Å². The lowest BCUT2D eigenvalue weighted by Crippen LogP contribution is -2.23. The second-order valence-electron chi connectivity index (χ2n) is 9.27. The number of methoxy groups -OCH3 is 2. The highest BCUT2D eigenvalue weighted by Gasteiger charge is 2.13. The molecule has 0 spiro atoms. The highest BCUT2D eigenvalue weighted by atomic mass is 80.9. The number of anilines is 2. The zero-order chi connectivity index (χ0) is 31.9. The lowest BCUT2D eigenvalue weighted by Gasteiger charge is -2.13. The van der Waals surface area contributed by atoms with Crippen LogP contribution in [0.5, 0.6) is 0 Å².